The van der Waals surface area contributed by atoms with Crippen LogP contribution in [0.25, 0.3) is 16.9 Å². The molecule has 1 aromatic heterocycles. The molecule has 0 aliphatic carbocycles. The molecule has 0 saturated heterocycles. The molecule has 0 fully saturated rings. The zero-order chi connectivity index (χ0) is 24.3. The van der Waals surface area contributed by atoms with E-state index in [1.54, 1.807) is 41.2 Å². The van der Waals surface area contributed by atoms with E-state index < -0.39 is 15.9 Å². The summed E-state index contributed by atoms with van der Waals surface area (Å²) in [5, 5.41) is 8.05. The molecule has 10 heteroatoms. The molecule has 0 spiro atoms. The highest BCUT2D eigenvalue weighted by Crippen LogP contribution is 2.30. The molecule has 0 saturated carbocycles. The van der Waals surface area contributed by atoms with Crippen molar-refractivity contribution in [2.45, 2.75) is 0 Å². The maximum absolute atomic E-state index is 13.3. The van der Waals surface area contributed by atoms with Gasteiger partial charge in [-0.2, -0.15) is 5.10 Å². The van der Waals surface area contributed by atoms with Crippen LogP contribution >= 0.6 is 11.6 Å². The second kappa shape index (κ2) is 9.58. The van der Waals surface area contributed by atoms with Gasteiger partial charge in [0.25, 0.3) is 5.91 Å². The molecule has 4 rings (SSSR count). The lowest BCUT2D eigenvalue weighted by Gasteiger charge is -2.12. The predicted octanol–water partition coefficient (Wildman–Crippen LogP) is 4.83. The third-order valence-electron chi connectivity index (χ3n) is 4.85. The lowest BCUT2D eigenvalue weighted by molar-refractivity contribution is 0.102. The van der Waals surface area contributed by atoms with Gasteiger partial charge in [-0.3, -0.25) is 9.52 Å². The van der Waals surface area contributed by atoms with Crippen LogP contribution in [-0.2, 0) is 10.0 Å². The first-order chi connectivity index (χ1) is 16.2. The molecule has 3 aromatic carbocycles. The number of nitrogens with one attached hydrogen (secondary N) is 2. The van der Waals surface area contributed by atoms with Gasteiger partial charge in [0.15, 0.2) is 0 Å². The molecule has 0 bridgehead atoms. The Kier molecular flexibility index (Phi) is 6.58. The second-order valence-electron chi connectivity index (χ2n) is 7.42. The van der Waals surface area contributed by atoms with Gasteiger partial charge < -0.3 is 10.1 Å². The van der Waals surface area contributed by atoms with E-state index in [4.69, 9.17) is 16.3 Å². The molecule has 174 valence electrons. The molecule has 0 aliphatic heterocycles. The summed E-state index contributed by atoms with van der Waals surface area (Å²) in [6, 6.07) is 21.1. The number of rotatable bonds is 7. The number of methoxy groups -OCH3 is 1. The van der Waals surface area contributed by atoms with Crippen molar-refractivity contribution >= 4 is 38.9 Å². The summed E-state index contributed by atoms with van der Waals surface area (Å²) in [7, 11) is -2.08. The highest BCUT2D eigenvalue weighted by Gasteiger charge is 2.20. The molecule has 0 radical (unpaired) electrons. The zero-order valence-corrected chi connectivity index (χ0v) is 19.9. The zero-order valence-electron chi connectivity index (χ0n) is 18.3. The van der Waals surface area contributed by atoms with Gasteiger partial charge in [0.05, 0.1) is 30.3 Å². The summed E-state index contributed by atoms with van der Waals surface area (Å²) in [5.74, 6) is -0.126. The highest BCUT2D eigenvalue weighted by molar-refractivity contribution is 7.92. The van der Waals surface area contributed by atoms with Gasteiger partial charge in [-0.15, -0.1) is 0 Å². The summed E-state index contributed by atoms with van der Waals surface area (Å²) in [6.45, 7) is 0. The SMILES string of the molecule is COc1cc(NC(=O)c2cn(-c3ccccc3)nc2-c2ccc(Cl)cc2)ccc1NS(C)(=O)=O. The third kappa shape index (κ3) is 5.38. The minimum absolute atomic E-state index is 0.265. The number of para-hydroxylation sites is 1. The van der Waals surface area contributed by atoms with Crippen molar-refractivity contribution in [3.63, 3.8) is 0 Å². The van der Waals surface area contributed by atoms with Crippen molar-refractivity contribution in [1.29, 1.82) is 0 Å². The fourth-order valence-corrected chi connectivity index (χ4v) is 4.02. The predicted molar refractivity (Wildman–Crippen MR) is 133 cm³/mol. The van der Waals surface area contributed by atoms with Crippen LogP contribution in [0, 0.1) is 0 Å². The van der Waals surface area contributed by atoms with Crippen LogP contribution in [-0.4, -0.2) is 37.5 Å². The molecule has 4 aromatic rings. The Bertz CT molecular complexity index is 1440. The van der Waals surface area contributed by atoms with Crippen molar-refractivity contribution < 1.29 is 17.9 Å². The van der Waals surface area contributed by atoms with Crippen LogP contribution in [0.3, 0.4) is 0 Å². The molecule has 34 heavy (non-hydrogen) atoms. The number of halogens is 1. The van der Waals surface area contributed by atoms with Crippen LogP contribution in [0.5, 0.6) is 5.75 Å². The van der Waals surface area contributed by atoms with Crippen molar-refractivity contribution in [2.75, 3.05) is 23.4 Å². The Hall–Kier alpha value is -3.82. The molecule has 0 unspecified atom stereocenters. The number of hydrogen-bond acceptors (Lipinski definition) is 5. The van der Waals surface area contributed by atoms with Gasteiger partial charge in [-0.1, -0.05) is 41.9 Å². The van der Waals surface area contributed by atoms with Crippen molar-refractivity contribution in [3.8, 4) is 22.7 Å². The number of carbonyl (C=O) groups excluding carboxylic acids is 1. The molecule has 1 amide bonds. The number of amides is 1. The Labute approximate surface area is 202 Å². The number of ether oxygens (including phenoxy) is 1. The lowest BCUT2D eigenvalue weighted by atomic mass is 10.1. The van der Waals surface area contributed by atoms with Crippen molar-refractivity contribution in [2.24, 2.45) is 0 Å². The van der Waals surface area contributed by atoms with E-state index in [1.807, 2.05) is 30.3 Å². The van der Waals surface area contributed by atoms with Gasteiger partial charge in [0.2, 0.25) is 10.0 Å². The summed E-state index contributed by atoms with van der Waals surface area (Å²) in [5.41, 5.74) is 3.06. The van der Waals surface area contributed by atoms with E-state index in [0.29, 0.717) is 22.0 Å². The van der Waals surface area contributed by atoms with Gasteiger partial charge in [-0.25, -0.2) is 13.1 Å². The van der Waals surface area contributed by atoms with Gasteiger partial charge in [0, 0.05) is 28.5 Å². The fourth-order valence-electron chi connectivity index (χ4n) is 3.33. The monoisotopic (exact) mass is 496 g/mol. The van der Waals surface area contributed by atoms with Crippen LogP contribution in [0.15, 0.2) is 79.0 Å². The first kappa shape index (κ1) is 23.3. The number of anilines is 2. The van der Waals surface area contributed by atoms with E-state index >= 15 is 0 Å². The van der Waals surface area contributed by atoms with Gasteiger partial charge >= 0.3 is 0 Å². The Morgan fingerprint density at radius 3 is 2.38 bits per heavy atom. The highest BCUT2D eigenvalue weighted by atomic mass is 35.5. The number of aromatic nitrogens is 2. The van der Waals surface area contributed by atoms with Gasteiger partial charge in [0.1, 0.15) is 11.4 Å². The number of sulfonamides is 1. The minimum atomic E-state index is -3.49. The van der Waals surface area contributed by atoms with Crippen LogP contribution < -0.4 is 14.8 Å². The van der Waals surface area contributed by atoms with Crippen LogP contribution in [0.1, 0.15) is 10.4 Å². The standard InChI is InChI=1S/C24H21ClN4O4S/c1-33-22-14-18(12-13-21(22)28-34(2,31)32)26-24(30)20-15-29(19-6-4-3-5-7-19)27-23(20)16-8-10-17(25)11-9-16/h3-15,28H,1-2H3,(H,26,30). The third-order valence-corrected chi connectivity index (χ3v) is 5.69. The summed E-state index contributed by atoms with van der Waals surface area (Å²) in [4.78, 5) is 13.3. The average molecular weight is 497 g/mol. The van der Waals surface area contributed by atoms with Crippen molar-refractivity contribution in [1.82, 2.24) is 9.78 Å². The molecular formula is C24H21ClN4O4S. The minimum Gasteiger partial charge on any atom is -0.494 e. The normalized spacial score (nSPS) is 11.1. The largest absolute Gasteiger partial charge is 0.494 e. The van der Waals surface area contributed by atoms with Crippen molar-refractivity contribution in [3.05, 3.63) is 89.6 Å². The summed E-state index contributed by atoms with van der Waals surface area (Å²) >= 11 is 6.03. The maximum atomic E-state index is 13.3. The number of hydrogen-bond donors (Lipinski definition) is 2. The lowest BCUT2D eigenvalue weighted by Crippen LogP contribution is -2.13. The van der Waals surface area contributed by atoms with Crippen LogP contribution in [0.2, 0.25) is 5.02 Å². The summed E-state index contributed by atoms with van der Waals surface area (Å²) in [6.07, 6.45) is 2.70. The fraction of sp³-hybridized carbons (Fsp3) is 0.0833. The molecule has 1 heterocycles. The Morgan fingerprint density at radius 1 is 1.03 bits per heavy atom. The quantitative estimate of drug-likeness (QED) is 0.381. The number of benzene rings is 3. The second-order valence-corrected chi connectivity index (χ2v) is 9.61. The van der Waals surface area contributed by atoms with E-state index in [0.717, 1.165) is 17.5 Å². The van der Waals surface area contributed by atoms with Crippen LogP contribution in [0.4, 0.5) is 11.4 Å². The van der Waals surface area contributed by atoms with E-state index in [2.05, 4.69) is 15.1 Å². The van der Waals surface area contributed by atoms with Gasteiger partial charge in [-0.05, 0) is 36.4 Å². The molecule has 2 N–H and O–H groups in total. The molecule has 0 aliphatic rings. The number of nitrogens with zero attached hydrogens (tertiary/aromatic N) is 2. The summed E-state index contributed by atoms with van der Waals surface area (Å²) < 4.78 is 32.4. The molecular weight excluding hydrogens is 476 g/mol. The molecule has 8 nitrogen and oxygen atoms in total. The first-order valence-corrected chi connectivity index (χ1v) is 12.4. The molecule has 0 atom stereocenters. The maximum Gasteiger partial charge on any atom is 0.259 e. The Morgan fingerprint density at radius 2 is 1.74 bits per heavy atom. The van der Waals surface area contributed by atoms with E-state index in [1.165, 1.54) is 19.2 Å². The van der Waals surface area contributed by atoms with E-state index in [-0.39, 0.29) is 11.4 Å². The average Bonchev–Trinajstić information content (AvgIpc) is 3.26. The topological polar surface area (TPSA) is 102 Å². The first-order valence-electron chi connectivity index (χ1n) is 10.1. The Balaban J connectivity index is 1.70. The smallest absolute Gasteiger partial charge is 0.259 e. The number of carbonyl (C=O) groups is 1. The van der Waals surface area contributed by atoms with E-state index in [9.17, 15) is 13.2 Å².